The summed E-state index contributed by atoms with van der Waals surface area (Å²) < 4.78 is 5.00. The molecule has 1 atom stereocenters. The molecule has 1 aliphatic carbocycles. The lowest BCUT2D eigenvalue weighted by Crippen LogP contribution is -2.11. The van der Waals surface area contributed by atoms with E-state index in [1.54, 1.807) is 18.2 Å². The molecule has 0 radical (unpaired) electrons. The monoisotopic (exact) mass is 191 g/mol. The topological polar surface area (TPSA) is 55.7 Å². The zero-order chi connectivity index (χ0) is 10.1. The molecule has 0 saturated carbocycles. The maximum absolute atomic E-state index is 11.5. The van der Waals surface area contributed by atoms with E-state index >= 15 is 0 Å². The molecule has 0 saturated heterocycles. The molecule has 4 heteroatoms. The number of carbonyl (C=O) groups excluding carboxylic acids is 1. The predicted octanol–water partition coefficient (Wildman–Crippen LogP) is 1.57. The van der Waals surface area contributed by atoms with Crippen molar-refractivity contribution in [1.29, 1.82) is 0 Å². The van der Waals surface area contributed by atoms with E-state index in [1.807, 2.05) is 0 Å². The zero-order valence-electron chi connectivity index (χ0n) is 7.69. The Hall–Kier alpha value is -1.71. The molecule has 14 heavy (non-hydrogen) atoms. The highest BCUT2D eigenvalue weighted by Crippen LogP contribution is 2.27. The average Bonchev–Trinajstić information content (AvgIpc) is 2.55. The van der Waals surface area contributed by atoms with E-state index in [0.29, 0.717) is 17.7 Å². The molecule has 0 N–H and O–H groups in total. The minimum absolute atomic E-state index is 0.200. The number of Topliss-reactive ketones (excluding diaryl/α,β-unsaturated/α-hetero) is 1. The first-order valence-corrected chi connectivity index (χ1v) is 4.30. The highest BCUT2D eigenvalue weighted by atomic mass is 16.5. The Morgan fingerprint density at radius 2 is 2.29 bits per heavy atom. The van der Waals surface area contributed by atoms with E-state index in [9.17, 15) is 9.70 Å². The van der Waals surface area contributed by atoms with Crippen molar-refractivity contribution in [3.8, 4) is 5.75 Å². The van der Waals surface area contributed by atoms with Gasteiger partial charge < -0.3 is 4.74 Å². The van der Waals surface area contributed by atoms with Crippen LogP contribution in [-0.2, 0) is 6.42 Å². The summed E-state index contributed by atoms with van der Waals surface area (Å²) >= 11 is 0. The minimum Gasteiger partial charge on any atom is -0.497 e. The highest BCUT2D eigenvalue weighted by molar-refractivity contribution is 6.04. The maximum Gasteiger partial charge on any atom is 0.191 e. The molecule has 0 bridgehead atoms. The van der Waals surface area contributed by atoms with Crippen LogP contribution in [0.15, 0.2) is 23.4 Å². The molecule has 0 unspecified atom stereocenters. The number of hydrogen-bond acceptors (Lipinski definition) is 4. The van der Waals surface area contributed by atoms with Crippen LogP contribution in [0.1, 0.15) is 15.9 Å². The first-order valence-electron chi connectivity index (χ1n) is 4.30. The fraction of sp³-hybridized carbons (Fsp3) is 0.300. The van der Waals surface area contributed by atoms with E-state index in [2.05, 4.69) is 5.18 Å². The van der Waals surface area contributed by atoms with E-state index < -0.39 is 6.04 Å². The summed E-state index contributed by atoms with van der Waals surface area (Å²) in [6.07, 6.45) is 0.418. The summed E-state index contributed by atoms with van der Waals surface area (Å²) in [7, 11) is 1.54. The number of carbonyl (C=O) groups is 1. The second kappa shape index (κ2) is 3.21. The minimum atomic E-state index is -0.739. The molecule has 1 aromatic carbocycles. The summed E-state index contributed by atoms with van der Waals surface area (Å²) in [4.78, 5) is 21.9. The third-order valence-electron chi connectivity index (χ3n) is 2.43. The molecule has 1 aliphatic rings. The third kappa shape index (κ3) is 1.19. The van der Waals surface area contributed by atoms with Crippen LogP contribution in [0.5, 0.6) is 5.75 Å². The van der Waals surface area contributed by atoms with Gasteiger partial charge in [0.25, 0.3) is 0 Å². The Morgan fingerprint density at radius 1 is 1.50 bits per heavy atom. The molecular formula is C10H9NO3. The van der Waals surface area contributed by atoms with Gasteiger partial charge in [-0.2, -0.15) is 4.91 Å². The Morgan fingerprint density at radius 3 is 2.93 bits per heavy atom. The molecule has 2 rings (SSSR count). The number of nitroso groups, excluding NO2 is 1. The number of fused-ring (bicyclic) bond motifs is 1. The number of ether oxygens (including phenoxy) is 1. The molecule has 0 fully saturated rings. The smallest absolute Gasteiger partial charge is 0.191 e. The molecule has 1 aromatic rings. The maximum atomic E-state index is 11.5. The van der Waals surface area contributed by atoms with Crippen LogP contribution in [0.3, 0.4) is 0 Å². The van der Waals surface area contributed by atoms with Crippen molar-refractivity contribution in [2.24, 2.45) is 5.18 Å². The van der Waals surface area contributed by atoms with Gasteiger partial charge in [-0.1, -0.05) is 11.2 Å². The van der Waals surface area contributed by atoms with Gasteiger partial charge in [0.1, 0.15) is 5.75 Å². The number of nitrogens with zero attached hydrogens (tertiary/aromatic N) is 1. The fourth-order valence-corrected chi connectivity index (χ4v) is 1.66. The van der Waals surface area contributed by atoms with E-state index in [4.69, 9.17) is 4.74 Å². The van der Waals surface area contributed by atoms with Gasteiger partial charge in [0.15, 0.2) is 11.8 Å². The lowest BCUT2D eigenvalue weighted by atomic mass is 10.1. The molecule has 0 spiro atoms. The number of benzene rings is 1. The first kappa shape index (κ1) is 8.87. The van der Waals surface area contributed by atoms with Gasteiger partial charge in [0, 0.05) is 12.0 Å². The van der Waals surface area contributed by atoms with E-state index in [0.717, 1.165) is 5.56 Å². The number of methoxy groups -OCH3 is 1. The van der Waals surface area contributed by atoms with Crippen molar-refractivity contribution in [3.05, 3.63) is 34.2 Å². The standard InChI is InChI=1S/C10H9NO3/c1-14-7-3-2-6-4-9(11-13)10(12)8(6)5-7/h2-3,5,9H,4H2,1H3/t9-/m0/s1. The number of hydrogen-bond donors (Lipinski definition) is 0. The Balaban J connectivity index is 2.44. The van der Waals surface area contributed by atoms with Gasteiger partial charge in [-0.3, -0.25) is 4.79 Å². The summed E-state index contributed by atoms with van der Waals surface area (Å²) in [5.74, 6) is 0.428. The van der Waals surface area contributed by atoms with Crippen molar-refractivity contribution in [1.82, 2.24) is 0 Å². The molecule has 4 nitrogen and oxygen atoms in total. The van der Waals surface area contributed by atoms with E-state index in [-0.39, 0.29) is 5.78 Å². The van der Waals surface area contributed by atoms with Crippen molar-refractivity contribution < 1.29 is 9.53 Å². The largest absolute Gasteiger partial charge is 0.497 e. The summed E-state index contributed by atoms with van der Waals surface area (Å²) in [5.41, 5.74) is 1.44. The van der Waals surface area contributed by atoms with Gasteiger partial charge >= 0.3 is 0 Å². The van der Waals surface area contributed by atoms with Crippen molar-refractivity contribution in [2.45, 2.75) is 12.5 Å². The summed E-state index contributed by atoms with van der Waals surface area (Å²) in [5, 5.41) is 2.80. The molecule has 0 aliphatic heterocycles. The summed E-state index contributed by atoms with van der Waals surface area (Å²) in [6.45, 7) is 0. The normalized spacial score (nSPS) is 19.2. The fourth-order valence-electron chi connectivity index (χ4n) is 1.66. The molecule has 0 aromatic heterocycles. The number of rotatable bonds is 2. The van der Waals surface area contributed by atoms with Gasteiger partial charge in [-0.25, -0.2) is 0 Å². The van der Waals surface area contributed by atoms with Crippen LogP contribution in [-0.4, -0.2) is 18.9 Å². The van der Waals surface area contributed by atoms with Gasteiger partial charge in [-0.05, 0) is 17.7 Å². The molecule has 72 valence electrons. The zero-order valence-corrected chi connectivity index (χ0v) is 7.69. The number of ketones is 1. The van der Waals surface area contributed by atoms with Gasteiger partial charge in [0.05, 0.1) is 7.11 Å². The lowest BCUT2D eigenvalue weighted by molar-refractivity contribution is 0.0975. The SMILES string of the molecule is COc1ccc2c(c1)C(=O)[C@@H](N=O)C2. The lowest BCUT2D eigenvalue weighted by Gasteiger charge is -2.01. The first-order chi connectivity index (χ1) is 6.76. The van der Waals surface area contributed by atoms with Crippen LogP contribution in [0.25, 0.3) is 0 Å². The quantitative estimate of drug-likeness (QED) is 0.666. The van der Waals surface area contributed by atoms with Crippen LogP contribution < -0.4 is 4.74 Å². The Labute approximate surface area is 80.9 Å². The molecule has 0 amide bonds. The predicted molar refractivity (Wildman–Crippen MR) is 50.6 cm³/mol. The second-order valence-corrected chi connectivity index (χ2v) is 3.21. The Bertz CT molecular complexity index is 400. The van der Waals surface area contributed by atoms with Crippen LogP contribution in [0.4, 0.5) is 0 Å². The van der Waals surface area contributed by atoms with Crippen molar-refractivity contribution in [3.63, 3.8) is 0 Å². The van der Waals surface area contributed by atoms with E-state index in [1.165, 1.54) is 7.11 Å². The average molecular weight is 191 g/mol. The van der Waals surface area contributed by atoms with Crippen LogP contribution in [0, 0.1) is 4.91 Å². The summed E-state index contributed by atoms with van der Waals surface area (Å²) in [6, 6.07) is 4.50. The van der Waals surface area contributed by atoms with Crippen molar-refractivity contribution >= 4 is 5.78 Å². The van der Waals surface area contributed by atoms with Crippen LogP contribution >= 0.6 is 0 Å². The molecule has 0 heterocycles. The third-order valence-corrected chi connectivity index (χ3v) is 2.43. The van der Waals surface area contributed by atoms with Gasteiger partial charge in [-0.15, -0.1) is 0 Å². The van der Waals surface area contributed by atoms with Crippen molar-refractivity contribution in [2.75, 3.05) is 7.11 Å². The van der Waals surface area contributed by atoms with Crippen LogP contribution in [0.2, 0.25) is 0 Å². The molecular weight excluding hydrogens is 182 g/mol. The van der Waals surface area contributed by atoms with Gasteiger partial charge in [0.2, 0.25) is 0 Å². The Kier molecular flexibility index (Phi) is 2.04. The second-order valence-electron chi connectivity index (χ2n) is 3.21. The highest BCUT2D eigenvalue weighted by Gasteiger charge is 2.31.